The number of hydrogen-bond acceptors (Lipinski definition) is 3. The van der Waals surface area contributed by atoms with Crippen molar-refractivity contribution in [3.05, 3.63) is 34.9 Å². The van der Waals surface area contributed by atoms with E-state index in [0.717, 1.165) is 18.5 Å². The predicted octanol–water partition coefficient (Wildman–Crippen LogP) is 2.21. The van der Waals surface area contributed by atoms with Crippen LogP contribution in [0.3, 0.4) is 0 Å². The van der Waals surface area contributed by atoms with Gasteiger partial charge in [0, 0.05) is 6.54 Å². The number of carbonyl (C=O) groups is 1. The lowest BCUT2D eigenvalue weighted by Crippen LogP contribution is -2.20. The molecule has 0 heterocycles. The summed E-state index contributed by atoms with van der Waals surface area (Å²) < 4.78 is 5.22. The minimum absolute atomic E-state index is 0.127. The molecule has 0 N–H and O–H groups in total. The lowest BCUT2D eigenvalue weighted by molar-refractivity contribution is -0.143. The van der Waals surface area contributed by atoms with Crippen molar-refractivity contribution in [2.45, 2.75) is 32.1 Å². The Bertz CT molecular complexity index is 440. The highest BCUT2D eigenvalue weighted by Crippen LogP contribution is 2.22. The Labute approximate surface area is 115 Å². The van der Waals surface area contributed by atoms with Gasteiger partial charge >= 0.3 is 5.97 Å². The number of likely N-dealkylation sites (N-methyl/N-ethyl adjacent to an activating group) is 1. The molecule has 19 heavy (non-hydrogen) atoms. The summed E-state index contributed by atoms with van der Waals surface area (Å²) in [6.45, 7) is 1.24. The molecule has 0 fully saturated rings. The average molecular weight is 261 g/mol. The van der Waals surface area contributed by atoms with Gasteiger partial charge in [0.15, 0.2) is 0 Å². The third-order valence-corrected chi connectivity index (χ3v) is 3.56. The van der Waals surface area contributed by atoms with Crippen LogP contribution in [0, 0.1) is 0 Å². The van der Waals surface area contributed by atoms with Crippen LogP contribution >= 0.6 is 0 Å². The van der Waals surface area contributed by atoms with E-state index in [0.29, 0.717) is 13.0 Å². The fourth-order valence-electron chi connectivity index (χ4n) is 2.46. The van der Waals surface area contributed by atoms with Crippen LogP contribution in [-0.4, -0.2) is 38.1 Å². The van der Waals surface area contributed by atoms with Crippen LogP contribution in [0.1, 0.15) is 29.5 Å². The first-order valence-corrected chi connectivity index (χ1v) is 7.06. The Morgan fingerprint density at radius 2 is 1.95 bits per heavy atom. The highest BCUT2D eigenvalue weighted by molar-refractivity contribution is 5.72. The molecule has 0 saturated carbocycles. The minimum atomic E-state index is -0.127. The maximum absolute atomic E-state index is 11.7. The molecule has 3 heteroatoms. The highest BCUT2D eigenvalue weighted by Gasteiger charge is 2.11. The summed E-state index contributed by atoms with van der Waals surface area (Å²) in [5.41, 5.74) is 3.95. The van der Waals surface area contributed by atoms with Gasteiger partial charge in [-0.25, -0.2) is 0 Å². The van der Waals surface area contributed by atoms with E-state index in [1.54, 1.807) is 0 Å². The lowest BCUT2D eigenvalue weighted by Gasteiger charge is -2.16. The zero-order valence-corrected chi connectivity index (χ0v) is 11.9. The number of esters is 1. The molecule has 0 aliphatic heterocycles. The zero-order chi connectivity index (χ0) is 13.7. The van der Waals surface area contributed by atoms with Crippen LogP contribution in [0.4, 0.5) is 0 Å². The van der Waals surface area contributed by atoms with Gasteiger partial charge in [0.05, 0.1) is 6.42 Å². The van der Waals surface area contributed by atoms with E-state index in [1.165, 1.54) is 30.4 Å². The second kappa shape index (κ2) is 6.71. The maximum Gasteiger partial charge on any atom is 0.310 e. The van der Waals surface area contributed by atoms with Gasteiger partial charge in [-0.05, 0) is 56.5 Å². The molecule has 0 saturated heterocycles. The molecule has 0 aromatic heterocycles. The number of carbonyl (C=O) groups excluding carboxylic acids is 1. The standard InChI is InChI=1S/C16H23NO2/c1-17(2)9-10-19-16(18)12-13-7-8-14-5-3-4-6-15(14)11-13/h7-8,11H,3-6,9-10,12H2,1-2H3. The molecule has 1 aliphatic rings. The number of benzene rings is 1. The molecule has 1 aromatic rings. The van der Waals surface area contributed by atoms with E-state index < -0.39 is 0 Å². The van der Waals surface area contributed by atoms with Crippen molar-refractivity contribution in [2.75, 3.05) is 27.2 Å². The van der Waals surface area contributed by atoms with Crippen LogP contribution in [-0.2, 0) is 28.8 Å². The Kier molecular flexibility index (Phi) is 4.97. The topological polar surface area (TPSA) is 29.5 Å². The highest BCUT2D eigenvalue weighted by atomic mass is 16.5. The van der Waals surface area contributed by atoms with Crippen molar-refractivity contribution in [3.8, 4) is 0 Å². The van der Waals surface area contributed by atoms with Gasteiger partial charge in [-0.3, -0.25) is 4.79 Å². The van der Waals surface area contributed by atoms with E-state index in [-0.39, 0.29) is 5.97 Å². The number of rotatable bonds is 5. The Hall–Kier alpha value is -1.35. The molecule has 3 nitrogen and oxygen atoms in total. The number of aryl methyl sites for hydroxylation is 2. The molecule has 1 aromatic carbocycles. The molecule has 0 unspecified atom stereocenters. The molecular formula is C16H23NO2. The average Bonchev–Trinajstić information content (AvgIpc) is 2.38. The molecule has 1 aliphatic carbocycles. The van der Waals surface area contributed by atoms with E-state index in [1.807, 2.05) is 19.0 Å². The first kappa shape index (κ1) is 14.1. The van der Waals surface area contributed by atoms with Gasteiger partial charge < -0.3 is 9.64 Å². The normalized spacial score (nSPS) is 14.3. The largest absolute Gasteiger partial charge is 0.464 e. The fraction of sp³-hybridized carbons (Fsp3) is 0.562. The van der Waals surface area contributed by atoms with Gasteiger partial charge in [-0.1, -0.05) is 18.2 Å². The summed E-state index contributed by atoms with van der Waals surface area (Å²) >= 11 is 0. The van der Waals surface area contributed by atoms with E-state index >= 15 is 0 Å². The van der Waals surface area contributed by atoms with E-state index in [9.17, 15) is 4.79 Å². The molecule has 104 valence electrons. The summed E-state index contributed by atoms with van der Waals surface area (Å²) in [5, 5.41) is 0. The van der Waals surface area contributed by atoms with E-state index in [2.05, 4.69) is 18.2 Å². The van der Waals surface area contributed by atoms with Crippen LogP contribution in [0.5, 0.6) is 0 Å². The predicted molar refractivity (Wildman–Crippen MR) is 76.3 cm³/mol. The first-order chi connectivity index (χ1) is 9.15. The third kappa shape index (κ3) is 4.35. The number of hydrogen-bond donors (Lipinski definition) is 0. The summed E-state index contributed by atoms with van der Waals surface area (Å²) in [4.78, 5) is 13.7. The third-order valence-electron chi connectivity index (χ3n) is 3.56. The van der Waals surface area contributed by atoms with Crippen molar-refractivity contribution >= 4 is 5.97 Å². The maximum atomic E-state index is 11.7. The number of ether oxygens (including phenoxy) is 1. The van der Waals surface area contributed by atoms with Crippen molar-refractivity contribution in [2.24, 2.45) is 0 Å². The molecular weight excluding hydrogens is 238 g/mol. The van der Waals surface area contributed by atoms with Crippen LogP contribution in [0.25, 0.3) is 0 Å². The van der Waals surface area contributed by atoms with Crippen molar-refractivity contribution in [1.29, 1.82) is 0 Å². The Morgan fingerprint density at radius 1 is 1.21 bits per heavy atom. The Balaban J connectivity index is 1.86. The number of fused-ring (bicyclic) bond motifs is 1. The van der Waals surface area contributed by atoms with Gasteiger partial charge in [-0.2, -0.15) is 0 Å². The summed E-state index contributed by atoms with van der Waals surface area (Å²) in [6.07, 6.45) is 5.28. The molecule has 0 spiro atoms. The Morgan fingerprint density at radius 3 is 2.68 bits per heavy atom. The molecule has 0 bridgehead atoms. The van der Waals surface area contributed by atoms with Crippen molar-refractivity contribution in [1.82, 2.24) is 4.90 Å². The van der Waals surface area contributed by atoms with Crippen LogP contribution in [0.15, 0.2) is 18.2 Å². The minimum Gasteiger partial charge on any atom is -0.464 e. The second-order valence-corrected chi connectivity index (χ2v) is 5.51. The van der Waals surface area contributed by atoms with Gasteiger partial charge in [-0.15, -0.1) is 0 Å². The molecule has 0 atom stereocenters. The smallest absolute Gasteiger partial charge is 0.310 e. The van der Waals surface area contributed by atoms with Crippen LogP contribution < -0.4 is 0 Å². The van der Waals surface area contributed by atoms with Crippen molar-refractivity contribution in [3.63, 3.8) is 0 Å². The first-order valence-electron chi connectivity index (χ1n) is 7.06. The van der Waals surface area contributed by atoms with Crippen molar-refractivity contribution < 1.29 is 9.53 Å². The van der Waals surface area contributed by atoms with Crippen LogP contribution in [0.2, 0.25) is 0 Å². The molecule has 0 radical (unpaired) electrons. The molecule has 2 rings (SSSR count). The van der Waals surface area contributed by atoms with E-state index in [4.69, 9.17) is 4.74 Å². The van der Waals surface area contributed by atoms with Gasteiger partial charge in [0.2, 0.25) is 0 Å². The fourth-order valence-corrected chi connectivity index (χ4v) is 2.46. The second-order valence-electron chi connectivity index (χ2n) is 5.51. The summed E-state index contributed by atoms with van der Waals surface area (Å²) in [7, 11) is 3.94. The number of nitrogens with zero attached hydrogens (tertiary/aromatic N) is 1. The summed E-state index contributed by atoms with van der Waals surface area (Å²) in [5.74, 6) is -0.127. The quantitative estimate of drug-likeness (QED) is 0.761. The van der Waals surface area contributed by atoms with Gasteiger partial charge in [0.1, 0.15) is 6.61 Å². The molecule has 0 amide bonds. The lowest BCUT2D eigenvalue weighted by atomic mass is 9.90. The monoisotopic (exact) mass is 261 g/mol. The SMILES string of the molecule is CN(C)CCOC(=O)Cc1ccc2c(c1)CCCC2. The zero-order valence-electron chi connectivity index (χ0n) is 11.9. The van der Waals surface area contributed by atoms with Gasteiger partial charge in [0.25, 0.3) is 0 Å². The summed E-state index contributed by atoms with van der Waals surface area (Å²) in [6, 6.07) is 6.43.